The molecule has 1 rings (SSSR count). The zero-order valence-corrected chi connectivity index (χ0v) is 11.2. The van der Waals surface area contributed by atoms with Crippen molar-refractivity contribution in [1.29, 1.82) is 0 Å². The molecule has 1 aromatic rings. The molecule has 1 heterocycles. The van der Waals surface area contributed by atoms with Gasteiger partial charge in [0.1, 0.15) is 4.60 Å². The minimum atomic E-state index is -2.77. The van der Waals surface area contributed by atoms with Crippen LogP contribution in [0.5, 0.6) is 0 Å². The Hall–Kier alpha value is -0.750. The normalized spacial score (nSPS) is 10.7. The highest BCUT2D eigenvalue weighted by molar-refractivity contribution is 9.10. The average molecular weight is 329 g/mol. The molecule has 0 aromatic carbocycles. The first-order valence-electron chi connectivity index (χ1n) is 4.73. The number of rotatable bonds is 4. The maximum absolute atomic E-state index is 12.8. The van der Waals surface area contributed by atoms with Crippen LogP contribution >= 0.6 is 27.5 Å². The molecule has 0 amide bonds. The van der Waals surface area contributed by atoms with E-state index in [1.54, 1.807) is 6.92 Å². The van der Waals surface area contributed by atoms with Crippen LogP contribution in [0.4, 0.5) is 8.78 Å². The van der Waals surface area contributed by atoms with Gasteiger partial charge in [0.25, 0.3) is 6.43 Å². The molecular formula is C10H9BrClF2NO2. The predicted octanol–water partition coefficient (Wildman–Crippen LogP) is 3.54. The predicted molar refractivity (Wildman–Crippen MR) is 62.2 cm³/mol. The largest absolute Gasteiger partial charge is 0.466 e. The van der Waals surface area contributed by atoms with E-state index in [4.69, 9.17) is 11.6 Å². The summed E-state index contributed by atoms with van der Waals surface area (Å²) in [4.78, 5) is 15.0. The van der Waals surface area contributed by atoms with Crippen molar-refractivity contribution < 1.29 is 18.3 Å². The summed E-state index contributed by atoms with van der Waals surface area (Å²) in [5, 5.41) is -0.179. The molecule has 7 heteroatoms. The number of ether oxygens (including phenoxy) is 1. The Labute approximate surface area is 110 Å². The molecule has 0 aliphatic carbocycles. The molecule has 17 heavy (non-hydrogen) atoms. The first-order valence-corrected chi connectivity index (χ1v) is 5.91. The third-order valence-corrected chi connectivity index (χ3v) is 3.17. The van der Waals surface area contributed by atoms with Gasteiger partial charge in [-0.05, 0) is 28.4 Å². The van der Waals surface area contributed by atoms with Gasteiger partial charge in [-0.3, -0.25) is 4.79 Å². The zero-order chi connectivity index (χ0) is 13.0. The summed E-state index contributed by atoms with van der Waals surface area (Å²) in [5.74, 6) is -0.588. The van der Waals surface area contributed by atoms with Crippen molar-refractivity contribution >= 4 is 33.5 Å². The van der Waals surface area contributed by atoms with Gasteiger partial charge < -0.3 is 4.74 Å². The minimum absolute atomic E-state index is 0.0756. The van der Waals surface area contributed by atoms with Crippen LogP contribution in [0.2, 0.25) is 5.02 Å². The molecule has 0 saturated heterocycles. The minimum Gasteiger partial charge on any atom is -0.466 e. The van der Waals surface area contributed by atoms with Crippen LogP contribution in [0.3, 0.4) is 0 Å². The second kappa shape index (κ2) is 6.26. The summed E-state index contributed by atoms with van der Waals surface area (Å²) >= 11 is 8.67. The van der Waals surface area contributed by atoms with Crippen LogP contribution in [0, 0.1) is 0 Å². The SMILES string of the molecule is CCOC(=O)Cc1cnc(Br)c(Cl)c1C(F)F. The Balaban J connectivity index is 3.07. The number of aromatic nitrogens is 1. The molecule has 0 aliphatic heterocycles. The van der Waals surface area contributed by atoms with Crippen LogP contribution in [-0.2, 0) is 16.0 Å². The zero-order valence-electron chi connectivity index (χ0n) is 8.84. The van der Waals surface area contributed by atoms with Gasteiger partial charge in [0, 0.05) is 11.8 Å². The van der Waals surface area contributed by atoms with Crippen molar-refractivity contribution in [3.8, 4) is 0 Å². The number of alkyl halides is 2. The van der Waals surface area contributed by atoms with Gasteiger partial charge in [-0.25, -0.2) is 13.8 Å². The molecule has 0 atom stereocenters. The molecule has 0 N–H and O–H groups in total. The van der Waals surface area contributed by atoms with Gasteiger partial charge >= 0.3 is 5.97 Å². The molecule has 0 saturated carbocycles. The quantitative estimate of drug-likeness (QED) is 0.627. The van der Waals surface area contributed by atoms with Gasteiger partial charge in [-0.15, -0.1) is 0 Å². The van der Waals surface area contributed by atoms with Gasteiger partial charge in [0.15, 0.2) is 0 Å². The lowest BCUT2D eigenvalue weighted by molar-refractivity contribution is -0.142. The number of nitrogens with zero attached hydrogens (tertiary/aromatic N) is 1. The molecule has 0 unspecified atom stereocenters. The second-order valence-electron chi connectivity index (χ2n) is 3.08. The Morgan fingerprint density at radius 1 is 1.65 bits per heavy atom. The number of pyridine rings is 1. The van der Waals surface area contributed by atoms with Gasteiger partial charge in [-0.1, -0.05) is 11.6 Å². The molecule has 94 valence electrons. The van der Waals surface area contributed by atoms with Crippen molar-refractivity contribution in [3.63, 3.8) is 0 Å². The smallest absolute Gasteiger partial charge is 0.310 e. The summed E-state index contributed by atoms with van der Waals surface area (Å²) in [7, 11) is 0. The lowest BCUT2D eigenvalue weighted by Gasteiger charge is -2.10. The number of hydrogen-bond acceptors (Lipinski definition) is 3. The number of halogens is 4. The van der Waals surface area contributed by atoms with E-state index in [0.29, 0.717) is 0 Å². The van der Waals surface area contributed by atoms with E-state index in [2.05, 4.69) is 25.7 Å². The Bertz CT molecular complexity index is 429. The maximum atomic E-state index is 12.8. The Morgan fingerprint density at radius 3 is 2.82 bits per heavy atom. The van der Waals surface area contributed by atoms with Crippen molar-refractivity contribution in [2.75, 3.05) is 6.61 Å². The van der Waals surface area contributed by atoms with Crippen molar-refractivity contribution in [2.45, 2.75) is 19.8 Å². The van der Waals surface area contributed by atoms with Crippen LogP contribution < -0.4 is 0 Å². The molecule has 1 aromatic heterocycles. The van der Waals surface area contributed by atoms with E-state index in [0.717, 1.165) is 0 Å². The standard InChI is InChI=1S/C10H9BrClF2NO2/c1-2-17-6(16)3-5-4-15-9(11)8(12)7(5)10(13)14/h4,10H,2-3H2,1H3. The van der Waals surface area contributed by atoms with Crippen LogP contribution in [0.1, 0.15) is 24.5 Å². The molecule has 0 spiro atoms. The van der Waals surface area contributed by atoms with Gasteiger partial charge in [-0.2, -0.15) is 0 Å². The van der Waals surface area contributed by atoms with E-state index in [-0.39, 0.29) is 33.8 Å². The fourth-order valence-corrected chi connectivity index (χ4v) is 1.83. The third kappa shape index (κ3) is 3.61. The first-order chi connectivity index (χ1) is 7.97. The number of esters is 1. The van der Waals surface area contributed by atoms with Crippen molar-refractivity contribution in [3.05, 3.63) is 26.9 Å². The molecule has 0 fully saturated rings. The monoisotopic (exact) mass is 327 g/mol. The summed E-state index contributed by atoms with van der Waals surface area (Å²) in [6.45, 7) is 1.83. The Kier molecular flexibility index (Phi) is 5.27. The topological polar surface area (TPSA) is 39.2 Å². The highest BCUT2D eigenvalue weighted by Crippen LogP contribution is 2.34. The van der Waals surface area contributed by atoms with Crippen molar-refractivity contribution in [2.24, 2.45) is 0 Å². The van der Waals surface area contributed by atoms with E-state index >= 15 is 0 Å². The van der Waals surface area contributed by atoms with E-state index in [9.17, 15) is 13.6 Å². The number of hydrogen-bond donors (Lipinski definition) is 0. The number of carbonyl (C=O) groups is 1. The average Bonchev–Trinajstić information content (AvgIpc) is 2.23. The number of carbonyl (C=O) groups excluding carboxylic acids is 1. The van der Waals surface area contributed by atoms with E-state index in [1.165, 1.54) is 6.20 Å². The first kappa shape index (κ1) is 14.3. The highest BCUT2D eigenvalue weighted by atomic mass is 79.9. The summed E-state index contributed by atoms with van der Waals surface area (Å²) in [6.07, 6.45) is -1.85. The molecule has 0 radical (unpaired) electrons. The van der Waals surface area contributed by atoms with Crippen LogP contribution in [-0.4, -0.2) is 17.6 Å². The summed E-state index contributed by atoms with van der Waals surface area (Å²) < 4.78 is 30.5. The lowest BCUT2D eigenvalue weighted by atomic mass is 10.1. The fourth-order valence-electron chi connectivity index (χ4n) is 1.26. The molecular weight excluding hydrogens is 319 g/mol. The van der Waals surface area contributed by atoms with Gasteiger partial charge in [0.2, 0.25) is 0 Å². The van der Waals surface area contributed by atoms with Gasteiger partial charge in [0.05, 0.1) is 18.1 Å². The third-order valence-electron chi connectivity index (χ3n) is 1.96. The molecule has 3 nitrogen and oxygen atoms in total. The van der Waals surface area contributed by atoms with Crippen LogP contribution in [0.15, 0.2) is 10.8 Å². The second-order valence-corrected chi connectivity index (χ2v) is 4.21. The summed E-state index contributed by atoms with van der Waals surface area (Å²) in [5.41, 5.74) is -0.312. The maximum Gasteiger partial charge on any atom is 0.310 e. The Morgan fingerprint density at radius 2 is 2.29 bits per heavy atom. The van der Waals surface area contributed by atoms with Crippen LogP contribution in [0.25, 0.3) is 0 Å². The van der Waals surface area contributed by atoms with E-state index < -0.39 is 12.4 Å². The van der Waals surface area contributed by atoms with E-state index in [1.807, 2.05) is 0 Å². The highest BCUT2D eigenvalue weighted by Gasteiger charge is 2.21. The summed E-state index contributed by atoms with van der Waals surface area (Å²) in [6, 6.07) is 0. The molecule has 0 bridgehead atoms. The lowest BCUT2D eigenvalue weighted by Crippen LogP contribution is -2.10. The van der Waals surface area contributed by atoms with Crippen molar-refractivity contribution in [1.82, 2.24) is 4.98 Å². The molecule has 0 aliphatic rings. The fraction of sp³-hybridized carbons (Fsp3) is 0.400.